The summed E-state index contributed by atoms with van der Waals surface area (Å²) >= 11 is 0. The van der Waals surface area contributed by atoms with E-state index in [0.29, 0.717) is 6.42 Å². The lowest BCUT2D eigenvalue weighted by Crippen LogP contribution is -2.46. The highest BCUT2D eigenvalue weighted by Crippen LogP contribution is 2.35. The van der Waals surface area contributed by atoms with Crippen LogP contribution < -0.4 is 0 Å². The number of aliphatic hydroxyl groups excluding tert-OH is 1. The van der Waals surface area contributed by atoms with E-state index < -0.39 is 6.10 Å². The van der Waals surface area contributed by atoms with E-state index in [4.69, 9.17) is 9.15 Å². The molecule has 0 amide bonds. The predicted molar refractivity (Wildman–Crippen MR) is 61.2 cm³/mol. The Morgan fingerprint density at radius 3 is 2.75 bits per heavy atom. The standard InChI is InChI=1S/C13H20O3/c1-15-13(6-3-2-4-7-13)12(14)9-11-5-8-16-10-11/h5,8,10,12,14H,2-4,6-7,9H2,1H3. The van der Waals surface area contributed by atoms with Gasteiger partial charge in [0, 0.05) is 13.5 Å². The third kappa shape index (κ3) is 2.30. The van der Waals surface area contributed by atoms with E-state index >= 15 is 0 Å². The molecule has 1 atom stereocenters. The molecule has 0 spiro atoms. The monoisotopic (exact) mass is 224 g/mol. The predicted octanol–water partition coefficient (Wildman–Crippen LogP) is 2.53. The molecule has 0 bridgehead atoms. The van der Waals surface area contributed by atoms with Crippen LogP contribution in [-0.4, -0.2) is 23.9 Å². The van der Waals surface area contributed by atoms with Gasteiger partial charge in [0.25, 0.3) is 0 Å². The molecule has 1 aliphatic rings. The van der Waals surface area contributed by atoms with Crippen LogP contribution in [0.4, 0.5) is 0 Å². The van der Waals surface area contributed by atoms with Crippen molar-refractivity contribution in [3.8, 4) is 0 Å². The van der Waals surface area contributed by atoms with E-state index in [-0.39, 0.29) is 5.60 Å². The fourth-order valence-corrected chi connectivity index (χ4v) is 2.64. The van der Waals surface area contributed by atoms with Crippen molar-refractivity contribution in [3.63, 3.8) is 0 Å². The number of hydrogen-bond acceptors (Lipinski definition) is 3. The topological polar surface area (TPSA) is 42.6 Å². The van der Waals surface area contributed by atoms with Crippen LogP contribution >= 0.6 is 0 Å². The van der Waals surface area contributed by atoms with E-state index in [1.54, 1.807) is 19.6 Å². The van der Waals surface area contributed by atoms with Crippen molar-refractivity contribution >= 4 is 0 Å². The Hall–Kier alpha value is -0.800. The van der Waals surface area contributed by atoms with Crippen molar-refractivity contribution in [2.75, 3.05) is 7.11 Å². The summed E-state index contributed by atoms with van der Waals surface area (Å²) in [5, 5.41) is 10.3. The zero-order valence-electron chi connectivity index (χ0n) is 9.82. The van der Waals surface area contributed by atoms with Crippen LogP contribution in [0.2, 0.25) is 0 Å². The molecular weight excluding hydrogens is 204 g/mol. The number of methoxy groups -OCH3 is 1. The van der Waals surface area contributed by atoms with Gasteiger partial charge in [-0.25, -0.2) is 0 Å². The van der Waals surface area contributed by atoms with E-state index in [0.717, 1.165) is 31.2 Å². The van der Waals surface area contributed by atoms with Crippen molar-refractivity contribution in [1.29, 1.82) is 0 Å². The first-order chi connectivity index (χ1) is 7.77. The Kier molecular flexibility index (Phi) is 3.66. The van der Waals surface area contributed by atoms with Gasteiger partial charge in [-0.1, -0.05) is 19.3 Å². The molecule has 1 aliphatic carbocycles. The molecule has 90 valence electrons. The summed E-state index contributed by atoms with van der Waals surface area (Å²) in [4.78, 5) is 0. The molecule has 0 aromatic carbocycles. The molecule has 1 heterocycles. The summed E-state index contributed by atoms with van der Waals surface area (Å²) in [6, 6.07) is 1.90. The van der Waals surface area contributed by atoms with E-state index in [1.165, 1.54) is 6.42 Å². The van der Waals surface area contributed by atoms with Gasteiger partial charge in [-0.15, -0.1) is 0 Å². The normalized spacial score (nSPS) is 21.9. The number of aliphatic hydroxyl groups is 1. The molecule has 2 rings (SSSR count). The van der Waals surface area contributed by atoms with Crippen molar-refractivity contribution in [2.24, 2.45) is 0 Å². The molecule has 1 aromatic heterocycles. The maximum absolute atomic E-state index is 10.3. The fraction of sp³-hybridized carbons (Fsp3) is 0.692. The van der Waals surface area contributed by atoms with Gasteiger partial charge >= 0.3 is 0 Å². The van der Waals surface area contributed by atoms with Crippen LogP contribution in [0, 0.1) is 0 Å². The zero-order chi connectivity index (χ0) is 11.4. The van der Waals surface area contributed by atoms with Gasteiger partial charge in [-0.05, 0) is 24.5 Å². The molecule has 16 heavy (non-hydrogen) atoms. The molecule has 1 fully saturated rings. The van der Waals surface area contributed by atoms with Crippen LogP contribution in [0.5, 0.6) is 0 Å². The minimum absolute atomic E-state index is 0.338. The first-order valence-corrected chi connectivity index (χ1v) is 6.01. The summed E-state index contributed by atoms with van der Waals surface area (Å²) in [5.74, 6) is 0. The molecule has 1 aromatic rings. The van der Waals surface area contributed by atoms with Crippen LogP contribution in [0.15, 0.2) is 23.0 Å². The lowest BCUT2D eigenvalue weighted by Gasteiger charge is -2.39. The second-order valence-electron chi connectivity index (χ2n) is 4.68. The summed E-state index contributed by atoms with van der Waals surface area (Å²) in [5.41, 5.74) is 0.699. The lowest BCUT2D eigenvalue weighted by atomic mass is 9.79. The van der Waals surface area contributed by atoms with Gasteiger partial charge < -0.3 is 14.3 Å². The zero-order valence-corrected chi connectivity index (χ0v) is 9.82. The summed E-state index contributed by atoms with van der Waals surface area (Å²) in [6.07, 6.45) is 8.99. The Morgan fingerprint density at radius 2 is 2.19 bits per heavy atom. The minimum atomic E-state index is -0.435. The van der Waals surface area contributed by atoms with Gasteiger partial charge in [-0.2, -0.15) is 0 Å². The minimum Gasteiger partial charge on any atom is -0.472 e. The molecule has 1 unspecified atom stereocenters. The van der Waals surface area contributed by atoms with E-state index in [9.17, 15) is 5.11 Å². The smallest absolute Gasteiger partial charge is 0.0939 e. The Morgan fingerprint density at radius 1 is 1.44 bits per heavy atom. The maximum atomic E-state index is 10.3. The first-order valence-electron chi connectivity index (χ1n) is 6.01. The van der Waals surface area contributed by atoms with Crippen LogP contribution in [0.25, 0.3) is 0 Å². The van der Waals surface area contributed by atoms with Gasteiger partial charge in [0.1, 0.15) is 0 Å². The molecule has 3 nitrogen and oxygen atoms in total. The van der Waals surface area contributed by atoms with Crippen molar-refractivity contribution in [3.05, 3.63) is 24.2 Å². The molecule has 1 N–H and O–H groups in total. The Balaban J connectivity index is 2.02. The molecule has 3 heteroatoms. The molecule has 0 saturated heterocycles. The quantitative estimate of drug-likeness (QED) is 0.854. The van der Waals surface area contributed by atoms with E-state index in [2.05, 4.69) is 0 Å². The number of rotatable bonds is 4. The van der Waals surface area contributed by atoms with Crippen LogP contribution in [0.3, 0.4) is 0 Å². The second-order valence-corrected chi connectivity index (χ2v) is 4.68. The Bertz CT molecular complexity index is 299. The number of ether oxygens (including phenoxy) is 1. The number of furan rings is 1. The van der Waals surface area contributed by atoms with E-state index in [1.807, 2.05) is 6.07 Å². The third-order valence-corrected chi connectivity index (χ3v) is 3.72. The maximum Gasteiger partial charge on any atom is 0.0939 e. The Labute approximate surface area is 96.4 Å². The third-order valence-electron chi connectivity index (χ3n) is 3.72. The van der Waals surface area contributed by atoms with Crippen LogP contribution in [0.1, 0.15) is 37.7 Å². The largest absolute Gasteiger partial charge is 0.472 e. The first kappa shape index (κ1) is 11.7. The van der Waals surface area contributed by atoms with Crippen molar-refractivity contribution in [2.45, 2.75) is 50.2 Å². The SMILES string of the molecule is COC1(C(O)Cc2ccoc2)CCCCC1. The van der Waals surface area contributed by atoms with Crippen molar-refractivity contribution < 1.29 is 14.3 Å². The van der Waals surface area contributed by atoms with Gasteiger partial charge in [0.2, 0.25) is 0 Å². The highest BCUT2D eigenvalue weighted by atomic mass is 16.5. The average molecular weight is 224 g/mol. The summed E-state index contributed by atoms with van der Waals surface area (Å²) < 4.78 is 10.6. The fourth-order valence-electron chi connectivity index (χ4n) is 2.64. The molecule has 1 saturated carbocycles. The van der Waals surface area contributed by atoms with Crippen LogP contribution in [-0.2, 0) is 11.2 Å². The van der Waals surface area contributed by atoms with Crippen molar-refractivity contribution in [1.82, 2.24) is 0 Å². The lowest BCUT2D eigenvalue weighted by molar-refractivity contribution is -0.122. The average Bonchev–Trinajstić information content (AvgIpc) is 2.82. The highest BCUT2D eigenvalue weighted by molar-refractivity contribution is 5.09. The molecular formula is C13H20O3. The summed E-state index contributed by atoms with van der Waals surface area (Å²) in [7, 11) is 1.71. The van der Waals surface area contributed by atoms with Gasteiger partial charge in [-0.3, -0.25) is 0 Å². The second kappa shape index (κ2) is 5.02. The highest BCUT2D eigenvalue weighted by Gasteiger charge is 2.39. The molecule has 0 radical (unpaired) electrons. The van der Waals surface area contributed by atoms with Gasteiger partial charge in [0.15, 0.2) is 0 Å². The number of hydrogen-bond donors (Lipinski definition) is 1. The molecule has 0 aliphatic heterocycles. The van der Waals surface area contributed by atoms with Gasteiger partial charge in [0.05, 0.1) is 24.2 Å². The summed E-state index contributed by atoms with van der Waals surface area (Å²) in [6.45, 7) is 0.